The van der Waals surface area contributed by atoms with Crippen LogP contribution in [0.2, 0.25) is 5.02 Å². The van der Waals surface area contributed by atoms with Crippen molar-refractivity contribution in [3.8, 4) is 17.2 Å². The molecule has 0 N–H and O–H groups in total. The largest absolute Gasteiger partial charge is 0.497 e. The zero-order valence-corrected chi connectivity index (χ0v) is 17.5. The SMILES string of the molecule is COc1ccc(OC)c([C@@H]2Oc3ccc(Cl)cc3[C@H]3CC(c4cccs4)=NN32)c1. The van der Waals surface area contributed by atoms with Crippen LogP contribution in [0.25, 0.3) is 0 Å². The molecule has 0 spiro atoms. The zero-order valence-electron chi connectivity index (χ0n) is 16.0. The number of hydrazone groups is 1. The van der Waals surface area contributed by atoms with Gasteiger partial charge in [0, 0.05) is 17.0 Å². The van der Waals surface area contributed by atoms with Crippen molar-refractivity contribution in [2.75, 3.05) is 14.2 Å². The predicted molar refractivity (Wildman–Crippen MR) is 114 cm³/mol. The van der Waals surface area contributed by atoms with Gasteiger partial charge < -0.3 is 14.2 Å². The van der Waals surface area contributed by atoms with E-state index < -0.39 is 6.23 Å². The minimum Gasteiger partial charge on any atom is -0.497 e. The van der Waals surface area contributed by atoms with E-state index in [1.54, 1.807) is 25.6 Å². The lowest BCUT2D eigenvalue weighted by Crippen LogP contribution is -2.34. The van der Waals surface area contributed by atoms with Crippen molar-refractivity contribution in [1.29, 1.82) is 0 Å². The Morgan fingerprint density at radius 1 is 1.10 bits per heavy atom. The third-order valence-electron chi connectivity index (χ3n) is 5.26. The smallest absolute Gasteiger partial charge is 0.217 e. The summed E-state index contributed by atoms with van der Waals surface area (Å²) < 4.78 is 17.5. The van der Waals surface area contributed by atoms with Crippen molar-refractivity contribution >= 4 is 28.6 Å². The van der Waals surface area contributed by atoms with Gasteiger partial charge in [-0.3, -0.25) is 0 Å². The van der Waals surface area contributed by atoms with E-state index in [0.29, 0.717) is 5.02 Å². The van der Waals surface area contributed by atoms with Crippen LogP contribution < -0.4 is 14.2 Å². The van der Waals surface area contributed by atoms with Crippen LogP contribution in [0.15, 0.2) is 59.0 Å². The summed E-state index contributed by atoms with van der Waals surface area (Å²) in [5.74, 6) is 2.28. The van der Waals surface area contributed by atoms with Gasteiger partial charge in [-0.2, -0.15) is 5.10 Å². The minimum absolute atomic E-state index is 0.0375. The number of nitrogens with zero attached hydrogens (tertiary/aromatic N) is 2. The molecule has 7 heteroatoms. The van der Waals surface area contributed by atoms with Crippen molar-refractivity contribution in [3.63, 3.8) is 0 Å². The number of halogens is 1. The van der Waals surface area contributed by atoms with Crippen LogP contribution in [0.5, 0.6) is 17.2 Å². The Hall–Kier alpha value is -2.70. The molecule has 0 radical (unpaired) electrons. The highest BCUT2D eigenvalue weighted by molar-refractivity contribution is 7.12. The molecule has 5 nitrogen and oxygen atoms in total. The number of rotatable bonds is 4. The molecular formula is C22H19ClN2O3S. The second kappa shape index (κ2) is 7.28. The normalized spacial score (nSPS) is 19.8. The Bertz CT molecular complexity index is 1080. The Morgan fingerprint density at radius 2 is 2.00 bits per heavy atom. The van der Waals surface area contributed by atoms with Crippen LogP contribution >= 0.6 is 22.9 Å². The van der Waals surface area contributed by atoms with E-state index >= 15 is 0 Å². The van der Waals surface area contributed by atoms with Gasteiger partial charge in [-0.25, -0.2) is 5.01 Å². The second-order valence-corrected chi connectivity index (χ2v) is 8.27. The molecule has 0 unspecified atom stereocenters. The van der Waals surface area contributed by atoms with E-state index in [-0.39, 0.29) is 6.04 Å². The lowest BCUT2D eigenvalue weighted by atomic mass is 9.97. The average molecular weight is 427 g/mol. The van der Waals surface area contributed by atoms with Gasteiger partial charge >= 0.3 is 0 Å². The standard InChI is InChI=1S/C22H19ClN2O3S/c1-26-14-6-8-19(27-2)16(11-14)22-25-18(12-17(24-25)21-4-3-9-29-21)15-10-13(23)5-7-20(15)28-22/h3-11,18,22H,12H2,1-2H3/t18-,22+/m1/s1. The van der Waals surface area contributed by atoms with Gasteiger partial charge in [0.1, 0.15) is 17.2 Å². The molecule has 2 atom stereocenters. The molecule has 1 aromatic heterocycles. The first kappa shape index (κ1) is 18.3. The summed E-state index contributed by atoms with van der Waals surface area (Å²) >= 11 is 7.99. The molecule has 2 aliphatic heterocycles. The topological polar surface area (TPSA) is 43.3 Å². The first-order valence-corrected chi connectivity index (χ1v) is 10.5. The molecule has 29 heavy (non-hydrogen) atoms. The van der Waals surface area contributed by atoms with Crippen LogP contribution in [-0.2, 0) is 0 Å². The lowest BCUT2D eigenvalue weighted by molar-refractivity contribution is -0.0204. The molecule has 148 valence electrons. The Morgan fingerprint density at radius 3 is 2.76 bits per heavy atom. The first-order valence-electron chi connectivity index (χ1n) is 9.25. The van der Waals surface area contributed by atoms with Gasteiger partial charge in [0.05, 0.1) is 36.4 Å². The number of fused-ring (bicyclic) bond motifs is 3. The van der Waals surface area contributed by atoms with Gasteiger partial charge in [-0.1, -0.05) is 17.7 Å². The number of hydrogen-bond donors (Lipinski definition) is 0. The minimum atomic E-state index is -0.434. The summed E-state index contributed by atoms with van der Waals surface area (Å²) in [5.41, 5.74) is 2.97. The summed E-state index contributed by atoms with van der Waals surface area (Å²) in [6.07, 6.45) is 0.358. The lowest BCUT2D eigenvalue weighted by Gasteiger charge is -2.38. The Balaban J connectivity index is 1.65. The van der Waals surface area contributed by atoms with Crippen molar-refractivity contribution in [1.82, 2.24) is 5.01 Å². The summed E-state index contributed by atoms with van der Waals surface area (Å²) in [4.78, 5) is 1.17. The molecule has 0 aliphatic carbocycles. The summed E-state index contributed by atoms with van der Waals surface area (Å²) in [6, 6.07) is 15.6. The highest BCUT2D eigenvalue weighted by atomic mass is 35.5. The van der Waals surface area contributed by atoms with E-state index in [9.17, 15) is 0 Å². The number of hydrogen-bond acceptors (Lipinski definition) is 6. The van der Waals surface area contributed by atoms with E-state index in [4.69, 9.17) is 30.9 Å². The predicted octanol–water partition coefficient (Wildman–Crippen LogP) is 5.66. The van der Waals surface area contributed by atoms with Crippen LogP contribution in [0, 0.1) is 0 Å². The van der Waals surface area contributed by atoms with Crippen molar-refractivity contribution in [3.05, 3.63) is 74.9 Å². The van der Waals surface area contributed by atoms with Crippen LogP contribution in [0.4, 0.5) is 0 Å². The van der Waals surface area contributed by atoms with Gasteiger partial charge in [0.2, 0.25) is 6.23 Å². The number of benzene rings is 2. The fraction of sp³-hybridized carbons (Fsp3) is 0.227. The maximum atomic E-state index is 6.42. The van der Waals surface area contributed by atoms with E-state index in [2.05, 4.69) is 11.4 Å². The van der Waals surface area contributed by atoms with Gasteiger partial charge in [-0.05, 0) is 47.8 Å². The maximum Gasteiger partial charge on any atom is 0.217 e. The number of ether oxygens (including phenoxy) is 3. The van der Waals surface area contributed by atoms with Gasteiger partial charge in [-0.15, -0.1) is 11.3 Å². The fourth-order valence-electron chi connectivity index (χ4n) is 3.89. The summed E-state index contributed by atoms with van der Waals surface area (Å²) in [7, 11) is 3.31. The highest BCUT2D eigenvalue weighted by Crippen LogP contribution is 2.50. The Labute approximate surface area is 178 Å². The number of thiophene rings is 1. The van der Waals surface area contributed by atoms with Crippen LogP contribution in [0.1, 0.15) is 34.7 Å². The van der Waals surface area contributed by atoms with E-state index in [1.165, 1.54) is 4.88 Å². The van der Waals surface area contributed by atoms with E-state index in [1.807, 2.05) is 47.5 Å². The number of methoxy groups -OCH3 is 2. The maximum absolute atomic E-state index is 6.42. The molecule has 5 rings (SSSR count). The molecule has 0 bridgehead atoms. The van der Waals surface area contributed by atoms with E-state index in [0.717, 1.165) is 40.5 Å². The molecule has 2 aliphatic rings. The summed E-state index contributed by atoms with van der Waals surface area (Å²) in [5, 5.41) is 9.74. The van der Waals surface area contributed by atoms with Crippen LogP contribution in [0.3, 0.4) is 0 Å². The van der Waals surface area contributed by atoms with Crippen molar-refractivity contribution < 1.29 is 14.2 Å². The molecule has 3 aromatic rings. The molecular weight excluding hydrogens is 408 g/mol. The van der Waals surface area contributed by atoms with Gasteiger partial charge in [0.15, 0.2) is 0 Å². The molecule has 2 aromatic carbocycles. The molecule has 0 amide bonds. The fourth-order valence-corrected chi connectivity index (χ4v) is 4.79. The monoisotopic (exact) mass is 426 g/mol. The van der Waals surface area contributed by atoms with Crippen LogP contribution in [-0.4, -0.2) is 24.9 Å². The zero-order chi connectivity index (χ0) is 20.0. The first-order chi connectivity index (χ1) is 14.2. The van der Waals surface area contributed by atoms with Crippen molar-refractivity contribution in [2.45, 2.75) is 18.7 Å². The average Bonchev–Trinajstić information content (AvgIpc) is 3.42. The summed E-state index contributed by atoms with van der Waals surface area (Å²) in [6.45, 7) is 0. The third kappa shape index (κ3) is 3.12. The van der Waals surface area contributed by atoms with Gasteiger partial charge in [0.25, 0.3) is 0 Å². The quantitative estimate of drug-likeness (QED) is 0.539. The Kier molecular flexibility index (Phi) is 4.60. The second-order valence-electron chi connectivity index (χ2n) is 6.88. The third-order valence-corrected chi connectivity index (χ3v) is 6.41. The molecule has 0 saturated heterocycles. The highest BCUT2D eigenvalue weighted by Gasteiger charge is 2.42. The molecule has 0 fully saturated rings. The van der Waals surface area contributed by atoms with Crippen molar-refractivity contribution in [2.24, 2.45) is 5.10 Å². The molecule has 0 saturated carbocycles. The molecule has 3 heterocycles.